The summed E-state index contributed by atoms with van der Waals surface area (Å²) >= 11 is 0. The predicted molar refractivity (Wildman–Crippen MR) is 147 cm³/mol. The summed E-state index contributed by atoms with van der Waals surface area (Å²) in [4.78, 5) is 11.5. The predicted octanol–water partition coefficient (Wildman–Crippen LogP) is 2.27. The molecule has 0 amide bonds. The van der Waals surface area contributed by atoms with Gasteiger partial charge < -0.3 is 44.2 Å². The molecule has 1 aromatic heterocycles. The zero-order valence-electron chi connectivity index (χ0n) is 23.5. The fourth-order valence-electron chi connectivity index (χ4n) is 6.15. The standard InChI is InChI=1S/C30H42O10/c1-17(12-14-37-19-8-6-18-7-10-24(32)38-20(18)15-19)5-9-22-29(2,3)23(11-13-30(22,4)36)40-28-27(35)26(34)25(33)21(16-31)39-28/h6-8,10,12,15,21-23,25-28,31,33-36H,5,9,11,13-14,16H2,1-4H3/b17-12+/t21-,22-,23-,25-,26+,27-,28+,30+/m1/s1. The lowest BCUT2D eigenvalue weighted by Gasteiger charge is -2.53. The lowest BCUT2D eigenvalue weighted by atomic mass is 9.59. The van der Waals surface area contributed by atoms with Gasteiger partial charge in [-0.15, -0.1) is 0 Å². The molecule has 2 fully saturated rings. The van der Waals surface area contributed by atoms with Crippen molar-refractivity contribution in [2.75, 3.05) is 13.2 Å². The van der Waals surface area contributed by atoms with Crippen LogP contribution in [0.4, 0.5) is 0 Å². The Bertz CT molecular complexity index is 1230. The van der Waals surface area contributed by atoms with E-state index in [-0.39, 0.29) is 5.92 Å². The zero-order chi connectivity index (χ0) is 29.2. The van der Waals surface area contributed by atoms with Crippen LogP contribution in [0.25, 0.3) is 11.0 Å². The molecule has 0 unspecified atom stereocenters. The molecule has 8 atom stereocenters. The SMILES string of the molecule is C/C(=C\COc1ccc2ccc(=O)oc2c1)CC[C@@H]1C(C)(C)[C@H](O[C@@H]2O[C@H](CO)[C@@H](O)[C@H](O)[C@H]2O)CC[C@]1(C)O. The summed E-state index contributed by atoms with van der Waals surface area (Å²) in [5.41, 5.74) is -0.316. The minimum atomic E-state index is -1.51. The maximum Gasteiger partial charge on any atom is 0.336 e. The molecule has 0 bridgehead atoms. The Morgan fingerprint density at radius 1 is 1.10 bits per heavy atom. The molecular weight excluding hydrogens is 520 g/mol. The molecule has 222 valence electrons. The van der Waals surface area contributed by atoms with Crippen molar-refractivity contribution < 1.29 is 44.2 Å². The summed E-state index contributed by atoms with van der Waals surface area (Å²) in [5.74, 6) is 0.437. The van der Waals surface area contributed by atoms with Crippen LogP contribution in [0.15, 0.2) is 51.2 Å². The molecule has 2 heterocycles. The average molecular weight is 563 g/mol. The minimum Gasteiger partial charge on any atom is -0.489 e. The molecule has 2 aromatic rings. The highest BCUT2D eigenvalue weighted by Crippen LogP contribution is 2.50. The van der Waals surface area contributed by atoms with E-state index in [1.54, 1.807) is 12.1 Å². The van der Waals surface area contributed by atoms with Crippen LogP contribution in [0, 0.1) is 11.3 Å². The third kappa shape index (κ3) is 6.60. The Hall–Kier alpha value is -2.31. The second-order valence-electron chi connectivity index (χ2n) is 11.9. The van der Waals surface area contributed by atoms with Crippen LogP contribution >= 0.6 is 0 Å². The fraction of sp³-hybridized carbons (Fsp3) is 0.633. The van der Waals surface area contributed by atoms with Crippen molar-refractivity contribution >= 4 is 11.0 Å². The van der Waals surface area contributed by atoms with E-state index in [9.17, 15) is 30.3 Å². The van der Waals surface area contributed by atoms with E-state index in [1.165, 1.54) is 6.07 Å². The van der Waals surface area contributed by atoms with Crippen LogP contribution < -0.4 is 10.4 Å². The molecule has 1 aliphatic carbocycles. The number of hydrogen-bond acceptors (Lipinski definition) is 10. The Labute approximate surface area is 233 Å². The lowest BCUT2D eigenvalue weighted by molar-refractivity contribution is -0.327. The summed E-state index contributed by atoms with van der Waals surface area (Å²) in [6.45, 7) is 7.68. The summed E-state index contributed by atoms with van der Waals surface area (Å²) in [6.07, 6.45) is -2.73. The maximum absolute atomic E-state index is 11.5. The highest BCUT2D eigenvalue weighted by molar-refractivity contribution is 5.77. The molecule has 0 radical (unpaired) electrons. The van der Waals surface area contributed by atoms with E-state index >= 15 is 0 Å². The van der Waals surface area contributed by atoms with Gasteiger partial charge in [0, 0.05) is 17.5 Å². The first-order valence-electron chi connectivity index (χ1n) is 13.8. The molecule has 1 saturated carbocycles. The van der Waals surface area contributed by atoms with Crippen LogP contribution in [0.5, 0.6) is 5.75 Å². The van der Waals surface area contributed by atoms with Gasteiger partial charge >= 0.3 is 5.63 Å². The van der Waals surface area contributed by atoms with Gasteiger partial charge in [0.15, 0.2) is 6.29 Å². The smallest absolute Gasteiger partial charge is 0.336 e. The van der Waals surface area contributed by atoms with Crippen molar-refractivity contribution in [2.24, 2.45) is 11.3 Å². The Balaban J connectivity index is 1.37. The van der Waals surface area contributed by atoms with Gasteiger partial charge in [0.25, 0.3) is 0 Å². The lowest BCUT2D eigenvalue weighted by Crippen LogP contribution is -2.61. The monoisotopic (exact) mass is 562 g/mol. The van der Waals surface area contributed by atoms with E-state index < -0.39 is 60.1 Å². The maximum atomic E-state index is 11.5. The van der Waals surface area contributed by atoms with Crippen LogP contribution in [0.1, 0.15) is 53.4 Å². The Kier molecular flexibility index (Phi) is 9.41. The van der Waals surface area contributed by atoms with Crippen molar-refractivity contribution in [1.82, 2.24) is 0 Å². The first kappa shape index (κ1) is 30.6. The van der Waals surface area contributed by atoms with Gasteiger partial charge in [-0.25, -0.2) is 4.79 Å². The normalized spacial score (nSPS) is 34.6. The number of fused-ring (bicyclic) bond motifs is 1. The Morgan fingerprint density at radius 2 is 1.82 bits per heavy atom. The van der Waals surface area contributed by atoms with Gasteiger partial charge in [0.1, 0.15) is 42.4 Å². The van der Waals surface area contributed by atoms with E-state index in [2.05, 4.69) is 0 Å². The van der Waals surface area contributed by atoms with Gasteiger partial charge in [-0.2, -0.15) is 0 Å². The van der Waals surface area contributed by atoms with Gasteiger partial charge in [-0.3, -0.25) is 0 Å². The highest BCUT2D eigenvalue weighted by atomic mass is 16.7. The van der Waals surface area contributed by atoms with Crippen molar-refractivity contribution in [1.29, 1.82) is 0 Å². The third-order valence-corrected chi connectivity index (χ3v) is 8.64. The number of ether oxygens (including phenoxy) is 3. The molecule has 40 heavy (non-hydrogen) atoms. The Morgan fingerprint density at radius 3 is 2.55 bits per heavy atom. The topological polar surface area (TPSA) is 159 Å². The van der Waals surface area contributed by atoms with Gasteiger partial charge in [0.05, 0.1) is 18.3 Å². The van der Waals surface area contributed by atoms with E-state index in [1.807, 2.05) is 45.9 Å². The van der Waals surface area contributed by atoms with Crippen LogP contribution in [-0.2, 0) is 9.47 Å². The number of benzene rings is 1. The third-order valence-electron chi connectivity index (χ3n) is 8.64. The second kappa shape index (κ2) is 12.3. The zero-order valence-corrected chi connectivity index (χ0v) is 23.5. The van der Waals surface area contributed by atoms with Crippen molar-refractivity contribution in [3.8, 4) is 5.75 Å². The number of aliphatic hydroxyl groups is 5. The molecule has 5 N–H and O–H groups in total. The molecule has 2 aliphatic rings. The fourth-order valence-corrected chi connectivity index (χ4v) is 6.15. The van der Waals surface area contributed by atoms with Crippen molar-refractivity contribution in [3.63, 3.8) is 0 Å². The molecule has 10 heteroatoms. The van der Waals surface area contributed by atoms with Crippen LogP contribution in [-0.4, -0.2) is 81.2 Å². The van der Waals surface area contributed by atoms with Gasteiger partial charge in [0.2, 0.25) is 0 Å². The summed E-state index contributed by atoms with van der Waals surface area (Å²) < 4.78 is 22.8. The second-order valence-corrected chi connectivity index (χ2v) is 11.9. The van der Waals surface area contributed by atoms with Crippen LogP contribution in [0.3, 0.4) is 0 Å². The van der Waals surface area contributed by atoms with Gasteiger partial charge in [-0.1, -0.05) is 19.4 Å². The number of aliphatic hydroxyl groups excluding tert-OH is 4. The van der Waals surface area contributed by atoms with Crippen molar-refractivity contribution in [2.45, 2.75) is 95.8 Å². The molecule has 1 saturated heterocycles. The number of allylic oxidation sites excluding steroid dienone is 1. The summed E-state index contributed by atoms with van der Waals surface area (Å²) in [7, 11) is 0. The largest absolute Gasteiger partial charge is 0.489 e. The molecule has 4 rings (SSSR count). The number of hydrogen-bond donors (Lipinski definition) is 5. The van der Waals surface area contributed by atoms with E-state index in [0.717, 1.165) is 11.0 Å². The molecule has 10 nitrogen and oxygen atoms in total. The molecule has 1 aliphatic heterocycles. The van der Waals surface area contributed by atoms with Crippen LogP contribution in [0.2, 0.25) is 0 Å². The first-order valence-corrected chi connectivity index (χ1v) is 13.8. The molecular formula is C30H42O10. The van der Waals surface area contributed by atoms with E-state index in [4.69, 9.17) is 18.6 Å². The first-order chi connectivity index (χ1) is 18.8. The minimum absolute atomic E-state index is 0.156. The summed E-state index contributed by atoms with van der Waals surface area (Å²) in [6, 6.07) is 8.43. The summed E-state index contributed by atoms with van der Waals surface area (Å²) in [5, 5.41) is 52.4. The quantitative estimate of drug-likeness (QED) is 0.227. The average Bonchev–Trinajstić information content (AvgIpc) is 2.89. The molecule has 1 aromatic carbocycles. The van der Waals surface area contributed by atoms with Gasteiger partial charge in [-0.05, 0) is 75.1 Å². The van der Waals surface area contributed by atoms with E-state index in [0.29, 0.717) is 43.6 Å². The van der Waals surface area contributed by atoms with Crippen molar-refractivity contribution in [3.05, 3.63) is 52.4 Å². The highest BCUT2D eigenvalue weighted by Gasteiger charge is 2.53. The number of rotatable bonds is 9. The molecule has 0 spiro atoms.